The van der Waals surface area contributed by atoms with E-state index in [-0.39, 0.29) is 30.1 Å². The van der Waals surface area contributed by atoms with Crippen molar-refractivity contribution in [3.8, 4) is 0 Å². The average Bonchev–Trinajstić information content (AvgIpc) is 3.49. The number of aliphatic hydroxyl groups is 1. The molecule has 2 aliphatic heterocycles. The van der Waals surface area contributed by atoms with Crippen molar-refractivity contribution in [2.24, 2.45) is 11.3 Å². The van der Waals surface area contributed by atoms with Crippen molar-refractivity contribution in [3.05, 3.63) is 42.1 Å². The Bertz CT molecular complexity index is 864. The van der Waals surface area contributed by atoms with Crippen LogP contribution in [0.1, 0.15) is 22.7 Å². The number of carbonyl (C=O) groups excluding carboxylic acids is 2. The minimum atomic E-state index is -0.469. The number of amides is 2. The van der Waals surface area contributed by atoms with E-state index in [0.717, 1.165) is 0 Å². The molecule has 2 aromatic heterocycles. The van der Waals surface area contributed by atoms with E-state index in [1.54, 1.807) is 39.9 Å². The van der Waals surface area contributed by atoms with Gasteiger partial charge in [-0.2, -0.15) is 5.10 Å². The topological polar surface area (TPSA) is 101 Å². The smallest absolute Gasteiger partial charge is 0.289 e. The van der Waals surface area contributed by atoms with Gasteiger partial charge in [0.1, 0.15) is 5.76 Å². The third-order valence-corrected chi connectivity index (χ3v) is 5.98. The van der Waals surface area contributed by atoms with Crippen molar-refractivity contribution in [2.45, 2.75) is 13.0 Å². The molecule has 2 fully saturated rings. The number of furan rings is 1. The fourth-order valence-corrected chi connectivity index (χ4v) is 4.38. The van der Waals surface area contributed by atoms with Crippen LogP contribution >= 0.6 is 0 Å². The zero-order chi connectivity index (χ0) is 20.4. The lowest BCUT2D eigenvalue weighted by atomic mass is 9.82. The first-order chi connectivity index (χ1) is 14.0. The number of nitrogens with zero attached hydrogens (tertiary/aromatic N) is 4. The van der Waals surface area contributed by atoms with Crippen molar-refractivity contribution in [2.75, 3.05) is 46.5 Å². The summed E-state index contributed by atoms with van der Waals surface area (Å²) < 4.78 is 12.4. The Morgan fingerprint density at radius 3 is 2.79 bits per heavy atom. The third-order valence-electron chi connectivity index (χ3n) is 5.98. The summed E-state index contributed by atoms with van der Waals surface area (Å²) in [6, 6.07) is 5.29. The van der Waals surface area contributed by atoms with E-state index in [2.05, 4.69) is 5.10 Å². The van der Waals surface area contributed by atoms with E-state index in [9.17, 15) is 14.7 Å². The molecule has 2 unspecified atom stereocenters. The zero-order valence-corrected chi connectivity index (χ0v) is 16.5. The Labute approximate surface area is 168 Å². The van der Waals surface area contributed by atoms with Crippen molar-refractivity contribution in [1.29, 1.82) is 0 Å². The fourth-order valence-electron chi connectivity index (χ4n) is 4.38. The van der Waals surface area contributed by atoms with E-state index < -0.39 is 5.41 Å². The molecule has 29 heavy (non-hydrogen) atoms. The molecule has 4 heterocycles. The van der Waals surface area contributed by atoms with E-state index in [1.807, 2.05) is 12.3 Å². The van der Waals surface area contributed by atoms with Crippen LogP contribution in [0, 0.1) is 11.3 Å². The van der Waals surface area contributed by atoms with Crippen LogP contribution in [0.5, 0.6) is 0 Å². The van der Waals surface area contributed by atoms with Gasteiger partial charge in [0.25, 0.3) is 5.91 Å². The maximum absolute atomic E-state index is 12.9. The molecule has 9 nitrogen and oxygen atoms in total. The van der Waals surface area contributed by atoms with Crippen LogP contribution < -0.4 is 0 Å². The highest BCUT2D eigenvalue weighted by Gasteiger charge is 2.54. The summed E-state index contributed by atoms with van der Waals surface area (Å²) in [7, 11) is 1.57. The number of hydrogen-bond acceptors (Lipinski definition) is 6. The molecule has 0 spiro atoms. The van der Waals surface area contributed by atoms with E-state index in [1.165, 1.54) is 0 Å². The van der Waals surface area contributed by atoms with Gasteiger partial charge in [-0.3, -0.25) is 14.3 Å². The third kappa shape index (κ3) is 3.79. The minimum absolute atomic E-state index is 0.0289. The second-order valence-electron chi connectivity index (χ2n) is 7.89. The maximum atomic E-state index is 12.9. The summed E-state index contributed by atoms with van der Waals surface area (Å²) >= 11 is 0. The van der Waals surface area contributed by atoms with Crippen LogP contribution in [0.3, 0.4) is 0 Å². The van der Waals surface area contributed by atoms with Crippen molar-refractivity contribution in [3.63, 3.8) is 0 Å². The normalized spacial score (nSPS) is 23.6. The van der Waals surface area contributed by atoms with Crippen LogP contribution in [0.15, 0.2) is 35.0 Å². The molecule has 2 amide bonds. The summed E-state index contributed by atoms with van der Waals surface area (Å²) in [5.74, 6) is 0.843. The summed E-state index contributed by atoms with van der Waals surface area (Å²) in [6.45, 7) is 2.72. The maximum Gasteiger partial charge on any atom is 0.289 e. The molecular weight excluding hydrogens is 376 g/mol. The quantitative estimate of drug-likeness (QED) is 0.722. The highest BCUT2D eigenvalue weighted by atomic mass is 16.5. The average molecular weight is 402 g/mol. The highest BCUT2D eigenvalue weighted by molar-refractivity contribution is 5.92. The number of hydrogen-bond donors (Lipinski definition) is 1. The van der Waals surface area contributed by atoms with Crippen LogP contribution in [0.25, 0.3) is 0 Å². The lowest BCUT2D eigenvalue weighted by Crippen LogP contribution is -2.40. The molecule has 4 rings (SSSR count). The number of ether oxygens (including phenoxy) is 1. The number of aliphatic hydroxyl groups excluding tert-OH is 1. The van der Waals surface area contributed by atoms with Gasteiger partial charge < -0.3 is 24.1 Å². The second kappa shape index (κ2) is 8.00. The number of likely N-dealkylation sites (tertiary alicyclic amines) is 2. The summed E-state index contributed by atoms with van der Waals surface area (Å²) in [6.07, 6.45) is 3.85. The van der Waals surface area contributed by atoms with Gasteiger partial charge in [0.15, 0.2) is 5.76 Å². The number of aromatic nitrogens is 2. The van der Waals surface area contributed by atoms with E-state index >= 15 is 0 Å². The first kappa shape index (κ1) is 19.7. The summed E-state index contributed by atoms with van der Waals surface area (Å²) in [4.78, 5) is 28.8. The molecule has 1 N–H and O–H groups in total. The standard InChI is InChI=1S/C20H26N4O5/c1-28-8-5-18(26)22-9-15-10-23(13-20(15,12-22)14-25)19(27)17-4-3-16(29-17)11-24-7-2-6-21-24/h2-4,6-7,15,25H,5,8-14H2,1H3. The molecule has 2 aliphatic rings. The van der Waals surface area contributed by atoms with Crippen LogP contribution in [0.2, 0.25) is 0 Å². The highest BCUT2D eigenvalue weighted by Crippen LogP contribution is 2.42. The minimum Gasteiger partial charge on any atom is -0.454 e. The van der Waals surface area contributed by atoms with Crippen molar-refractivity contribution >= 4 is 11.8 Å². The monoisotopic (exact) mass is 402 g/mol. The Hall–Kier alpha value is -2.65. The Kier molecular flexibility index (Phi) is 5.42. The largest absolute Gasteiger partial charge is 0.454 e. The summed E-state index contributed by atoms with van der Waals surface area (Å²) in [5.41, 5.74) is -0.469. The zero-order valence-electron chi connectivity index (χ0n) is 16.5. The first-order valence-electron chi connectivity index (χ1n) is 9.77. The van der Waals surface area contributed by atoms with Crippen molar-refractivity contribution in [1.82, 2.24) is 19.6 Å². The number of carbonyl (C=O) groups is 2. The Balaban J connectivity index is 1.40. The predicted octanol–water partition coefficient (Wildman–Crippen LogP) is 0.454. The van der Waals surface area contributed by atoms with Gasteiger partial charge in [-0.25, -0.2) is 0 Å². The van der Waals surface area contributed by atoms with Gasteiger partial charge in [0, 0.05) is 57.0 Å². The summed E-state index contributed by atoms with van der Waals surface area (Å²) in [5, 5.41) is 14.2. The Morgan fingerprint density at radius 1 is 1.31 bits per heavy atom. The number of fused-ring (bicyclic) bond motifs is 1. The Morgan fingerprint density at radius 2 is 2.10 bits per heavy atom. The molecule has 9 heteroatoms. The van der Waals surface area contributed by atoms with E-state index in [4.69, 9.17) is 9.15 Å². The first-order valence-corrected chi connectivity index (χ1v) is 9.77. The van der Waals surface area contributed by atoms with Gasteiger partial charge >= 0.3 is 0 Å². The molecule has 0 saturated carbocycles. The fraction of sp³-hybridized carbons (Fsp3) is 0.550. The van der Waals surface area contributed by atoms with Crippen LogP contribution in [0.4, 0.5) is 0 Å². The van der Waals surface area contributed by atoms with Crippen LogP contribution in [-0.2, 0) is 16.1 Å². The molecule has 2 aromatic rings. The van der Waals surface area contributed by atoms with Gasteiger partial charge in [-0.05, 0) is 18.2 Å². The molecule has 0 aromatic carbocycles. The van der Waals surface area contributed by atoms with Crippen molar-refractivity contribution < 1.29 is 23.8 Å². The molecule has 0 radical (unpaired) electrons. The molecule has 0 bridgehead atoms. The SMILES string of the molecule is COCCC(=O)N1CC2CN(C(=O)c3ccc(Cn4cccn4)o3)CC2(CO)C1. The van der Waals surface area contributed by atoms with Gasteiger partial charge in [-0.1, -0.05) is 0 Å². The van der Waals surface area contributed by atoms with Gasteiger partial charge in [0.2, 0.25) is 5.91 Å². The molecule has 2 atom stereocenters. The molecule has 0 aliphatic carbocycles. The lowest BCUT2D eigenvalue weighted by molar-refractivity contribution is -0.131. The lowest BCUT2D eigenvalue weighted by Gasteiger charge is -2.27. The number of rotatable bonds is 7. The number of methoxy groups -OCH3 is 1. The molecule has 2 saturated heterocycles. The van der Waals surface area contributed by atoms with Gasteiger partial charge in [0.05, 0.1) is 26.2 Å². The second-order valence-corrected chi connectivity index (χ2v) is 7.89. The van der Waals surface area contributed by atoms with Crippen LogP contribution in [-0.4, -0.2) is 83.0 Å². The molecule has 156 valence electrons. The molecular formula is C20H26N4O5. The van der Waals surface area contributed by atoms with E-state index in [0.29, 0.717) is 51.5 Å². The predicted molar refractivity (Wildman–Crippen MR) is 102 cm³/mol. The van der Waals surface area contributed by atoms with Gasteiger partial charge in [-0.15, -0.1) is 0 Å².